The summed E-state index contributed by atoms with van der Waals surface area (Å²) in [6.45, 7) is 2.03. The first-order chi connectivity index (χ1) is 12.6. The van der Waals surface area contributed by atoms with Gasteiger partial charge in [0.2, 0.25) is 11.0 Å². The monoisotopic (exact) mass is 386 g/mol. The summed E-state index contributed by atoms with van der Waals surface area (Å²) >= 11 is 2.76. The van der Waals surface area contributed by atoms with E-state index in [1.54, 1.807) is 19.2 Å². The Morgan fingerprint density at radius 2 is 2.04 bits per heavy atom. The van der Waals surface area contributed by atoms with Gasteiger partial charge in [-0.1, -0.05) is 47.4 Å². The fourth-order valence-corrected chi connectivity index (χ4v) is 3.80. The van der Waals surface area contributed by atoms with Crippen molar-refractivity contribution in [3.8, 4) is 5.75 Å². The molecule has 3 rings (SSSR count). The van der Waals surface area contributed by atoms with Crippen molar-refractivity contribution in [3.05, 3.63) is 54.1 Å². The van der Waals surface area contributed by atoms with Crippen molar-refractivity contribution in [2.75, 3.05) is 23.5 Å². The summed E-state index contributed by atoms with van der Waals surface area (Å²) < 4.78 is 5.96. The second-order valence-electron chi connectivity index (χ2n) is 5.40. The maximum atomic E-state index is 12.1. The van der Waals surface area contributed by atoms with Crippen molar-refractivity contribution in [3.63, 3.8) is 0 Å². The fraction of sp³-hybridized carbons (Fsp3) is 0.167. The van der Waals surface area contributed by atoms with E-state index in [0.29, 0.717) is 16.6 Å². The van der Waals surface area contributed by atoms with Gasteiger partial charge < -0.3 is 15.4 Å². The number of thioether (sulfide) groups is 1. The summed E-state index contributed by atoms with van der Waals surface area (Å²) in [5.41, 5.74) is 2.79. The van der Waals surface area contributed by atoms with Crippen LogP contribution in [0.1, 0.15) is 5.56 Å². The molecule has 1 heterocycles. The molecule has 0 fully saturated rings. The Balaban J connectivity index is 1.53. The molecule has 8 heteroatoms. The molecular weight excluding hydrogens is 368 g/mol. The number of carbonyl (C=O) groups excluding carboxylic acids is 1. The minimum Gasteiger partial charge on any atom is -0.495 e. The van der Waals surface area contributed by atoms with Crippen LogP contribution >= 0.6 is 23.1 Å². The number of hydrogen-bond acceptors (Lipinski definition) is 7. The third-order valence-corrected chi connectivity index (χ3v) is 5.36. The third kappa shape index (κ3) is 4.96. The Hall–Kier alpha value is -2.58. The summed E-state index contributed by atoms with van der Waals surface area (Å²) in [6, 6.07) is 15.3. The van der Waals surface area contributed by atoms with Gasteiger partial charge in [0.15, 0.2) is 4.34 Å². The Morgan fingerprint density at radius 3 is 2.85 bits per heavy atom. The summed E-state index contributed by atoms with van der Waals surface area (Å²) in [6.07, 6.45) is 0. The van der Waals surface area contributed by atoms with E-state index >= 15 is 0 Å². The maximum Gasteiger partial charge on any atom is 0.234 e. The molecule has 0 atom stereocenters. The van der Waals surface area contributed by atoms with Gasteiger partial charge in [-0.2, -0.15) is 0 Å². The highest BCUT2D eigenvalue weighted by atomic mass is 32.2. The molecule has 26 heavy (non-hydrogen) atoms. The van der Waals surface area contributed by atoms with Crippen molar-refractivity contribution >= 4 is 45.5 Å². The van der Waals surface area contributed by atoms with Crippen molar-refractivity contribution in [1.82, 2.24) is 10.2 Å². The van der Waals surface area contributed by atoms with Crippen molar-refractivity contribution in [1.29, 1.82) is 0 Å². The van der Waals surface area contributed by atoms with Crippen LogP contribution < -0.4 is 15.4 Å². The summed E-state index contributed by atoms with van der Waals surface area (Å²) in [4.78, 5) is 12.1. The lowest BCUT2D eigenvalue weighted by Crippen LogP contribution is -2.14. The van der Waals surface area contributed by atoms with E-state index in [2.05, 4.69) is 20.8 Å². The van der Waals surface area contributed by atoms with E-state index in [0.717, 1.165) is 10.0 Å². The van der Waals surface area contributed by atoms with Gasteiger partial charge >= 0.3 is 0 Å². The van der Waals surface area contributed by atoms with Gasteiger partial charge in [0, 0.05) is 5.69 Å². The lowest BCUT2D eigenvalue weighted by molar-refractivity contribution is -0.113. The van der Waals surface area contributed by atoms with Gasteiger partial charge in [-0.05, 0) is 36.8 Å². The zero-order valence-corrected chi connectivity index (χ0v) is 16.0. The molecule has 2 N–H and O–H groups in total. The lowest BCUT2D eigenvalue weighted by atomic mass is 10.2. The minimum atomic E-state index is -0.122. The van der Waals surface area contributed by atoms with Crippen LogP contribution in [-0.2, 0) is 4.79 Å². The number of ether oxygens (including phenoxy) is 1. The molecule has 2 aromatic carbocycles. The maximum absolute atomic E-state index is 12.1. The van der Waals surface area contributed by atoms with E-state index in [4.69, 9.17) is 4.74 Å². The SMILES string of the molecule is COc1ccccc1NC(=O)CSc1nnc(Nc2cccc(C)c2)s1. The smallest absolute Gasteiger partial charge is 0.234 e. The summed E-state index contributed by atoms with van der Waals surface area (Å²) in [7, 11) is 1.57. The summed E-state index contributed by atoms with van der Waals surface area (Å²) in [5, 5.41) is 15.0. The van der Waals surface area contributed by atoms with Crippen LogP contribution in [0.5, 0.6) is 5.75 Å². The predicted octanol–water partition coefficient (Wildman–Crippen LogP) is 4.33. The summed E-state index contributed by atoms with van der Waals surface area (Å²) in [5.74, 6) is 0.756. The first-order valence-electron chi connectivity index (χ1n) is 7.87. The van der Waals surface area contributed by atoms with Gasteiger partial charge in [0.05, 0.1) is 18.6 Å². The van der Waals surface area contributed by atoms with Gasteiger partial charge in [-0.3, -0.25) is 4.79 Å². The Labute approximate surface area is 160 Å². The van der Waals surface area contributed by atoms with E-state index in [9.17, 15) is 4.79 Å². The molecule has 0 unspecified atom stereocenters. The van der Waals surface area contributed by atoms with Crippen LogP contribution in [0, 0.1) is 6.92 Å². The van der Waals surface area contributed by atoms with Gasteiger partial charge in [-0.15, -0.1) is 10.2 Å². The Kier molecular flexibility index (Phi) is 6.08. The molecule has 3 aromatic rings. The van der Waals surface area contributed by atoms with Gasteiger partial charge in [0.1, 0.15) is 5.75 Å². The number of benzene rings is 2. The van der Waals surface area contributed by atoms with E-state index < -0.39 is 0 Å². The van der Waals surface area contributed by atoms with E-state index in [-0.39, 0.29) is 11.7 Å². The van der Waals surface area contributed by atoms with Crippen LogP contribution in [0.25, 0.3) is 0 Å². The number of nitrogens with zero attached hydrogens (tertiary/aromatic N) is 2. The van der Waals surface area contributed by atoms with Gasteiger partial charge in [-0.25, -0.2) is 0 Å². The highest BCUT2D eigenvalue weighted by molar-refractivity contribution is 8.01. The molecule has 0 aliphatic rings. The molecular formula is C18H18N4O2S2. The van der Waals surface area contributed by atoms with Crippen LogP contribution in [0.3, 0.4) is 0 Å². The molecule has 1 aromatic heterocycles. The largest absolute Gasteiger partial charge is 0.495 e. The van der Waals surface area contributed by atoms with Crippen LogP contribution in [-0.4, -0.2) is 29.0 Å². The zero-order valence-electron chi connectivity index (χ0n) is 14.4. The number of aryl methyl sites for hydroxylation is 1. The molecule has 0 bridgehead atoms. The molecule has 0 aliphatic carbocycles. The number of rotatable bonds is 7. The highest BCUT2D eigenvalue weighted by Gasteiger charge is 2.10. The number of methoxy groups -OCH3 is 1. The van der Waals surface area contributed by atoms with Gasteiger partial charge in [0.25, 0.3) is 0 Å². The number of nitrogens with one attached hydrogen (secondary N) is 2. The topological polar surface area (TPSA) is 76.1 Å². The van der Waals surface area contributed by atoms with E-state index in [1.807, 2.05) is 43.3 Å². The molecule has 0 saturated heterocycles. The average Bonchev–Trinajstić information content (AvgIpc) is 3.08. The number of carbonyl (C=O) groups is 1. The highest BCUT2D eigenvalue weighted by Crippen LogP contribution is 2.28. The fourth-order valence-electron chi connectivity index (χ4n) is 2.23. The van der Waals surface area contributed by atoms with Crippen molar-refractivity contribution in [2.24, 2.45) is 0 Å². The standard InChI is InChI=1S/C18H18N4O2S2/c1-12-6-5-7-13(10-12)19-17-21-22-18(26-17)25-11-16(23)20-14-8-3-4-9-15(14)24-2/h3-10H,11H2,1-2H3,(H,19,21)(H,20,23). The number of anilines is 3. The predicted molar refractivity (Wildman–Crippen MR) is 107 cm³/mol. The molecule has 0 radical (unpaired) electrons. The molecule has 6 nitrogen and oxygen atoms in total. The molecule has 0 saturated carbocycles. The van der Waals surface area contributed by atoms with Crippen molar-refractivity contribution < 1.29 is 9.53 Å². The van der Waals surface area contributed by atoms with Crippen LogP contribution in [0.4, 0.5) is 16.5 Å². The zero-order chi connectivity index (χ0) is 18.4. The minimum absolute atomic E-state index is 0.122. The normalized spacial score (nSPS) is 10.4. The number of para-hydroxylation sites is 2. The van der Waals surface area contributed by atoms with Crippen LogP contribution in [0.2, 0.25) is 0 Å². The molecule has 134 valence electrons. The number of aromatic nitrogens is 2. The Morgan fingerprint density at radius 1 is 1.19 bits per heavy atom. The quantitative estimate of drug-likeness (QED) is 0.589. The molecule has 0 aliphatic heterocycles. The first-order valence-corrected chi connectivity index (χ1v) is 9.67. The second-order valence-corrected chi connectivity index (χ2v) is 7.60. The van der Waals surface area contributed by atoms with Crippen LogP contribution in [0.15, 0.2) is 52.9 Å². The Bertz CT molecular complexity index is 898. The third-order valence-electron chi connectivity index (χ3n) is 3.38. The average molecular weight is 387 g/mol. The molecule has 1 amide bonds. The number of hydrogen-bond donors (Lipinski definition) is 2. The second kappa shape index (κ2) is 8.68. The lowest BCUT2D eigenvalue weighted by Gasteiger charge is -2.08. The first kappa shape index (κ1) is 18.2. The number of amides is 1. The van der Waals surface area contributed by atoms with E-state index in [1.165, 1.54) is 28.7 Å². The van der Waals surface area contributed by atoms with Crippen molar-refractivity contribution in [2.45, 2.75) is 11.3 Å². The molecule has 0 spiro atoms.